The van der Waals surface area contributed by atoms with E-state index in [-0.39, 0.29) is 41.5 Å². The molecule has 3 unspecified atom stereocenters. The molecule has 3 aliphatic rings. The second-order valence-corrected chi connectivity index (χ2v) is 7.05. The Hall–Kier alpha value is -2.65. The second kappa shape index (κ2) is 6.26. The molecule has 3 atom stereocenters. The Morgan fingerprint density at radius 3 is 2.73 bits per heavy atom. The van der Waals surface area contributed by atoms with E-state index in [0.717, 1.165) is 0 Å². The Kier molecular flexibility index (Phi) is 4.04. The molecule has 3 aliphatic heterocycles. The molecule has 0 radical (unpaired) electrons. The average Bonchev–Trinajstić information content (AvgIpc) is 3.18. The molecule has 2 fully saturated rings. The zero-order valence-corrected chi connectivity index (χ0v) is 14.5. The van der Waals surface area contributed by atoms with Crippen LogP contribution in [0.5, 0.6) is 0 Å². The van der Waals surface area contributed by atoms with Crippen LogP contribution in [0, 0.1) is 10.1 Å². The van der Waals surface area contributed by atoms with Crippen molar-refractivity contribution < 1.29 is 24.0 Å². The molecule has 0 N–H and O–H groups in total. The van der Waals surface area contributed by atoms with Gasteiger partial charge in [0.2, 0.25) is 0 Å². The third-order valence-corrected chi connectivity index (χ3v) is 5.44. The monoisotopic (exact) mass is 374 g/mol. The van der Waals surface area contributed by atoms with Gasteiger partial charge in [-0.25, -0.2) is 4.79 Å². The number of hydrogen-bond donors (Lipinski definition) is 0. The SMILES string of the molecule is CC1OC1C=C1C(=O)N2C(C(=O)OCc3ccc([N+](=O)[O-])cc3)=CSC12. The number of ether oxygens (including phenoxy) is 2. The second-order valence-electron chi connectivity index (χ2n) is 6.09. The summed E-state index contributed by atoms with van der Waals surface area (Å²) in [5.41, 5.74) is 1.46. The van der Waals surface area contributed by atoms with Gasteiger partial charge in [-0.3, -0.25) is 19.8 Å². The summed E-state index contributed by atoms with van der Waals surface area (Å²) in [7, 11) is 0. The highest BCUT2D eigenvalue weighted by molar-refractivity contribution is 8.03. The van der Waals surface area contributed by atoms with E-state index in [2.05, 4.69) is 0 Å². The Morgan fingerprint density at radius 2 is 2.12 bits per heavy atom. The van der Waals surface area contributed by atoms with Gasteiger partial charge in [-0.2, -0.15) is 0 Å². The molecule has 1 aromatic rings. The molecular weight excluding hydrogens is 360 g/mol. The van der Waals surface area contributed by atoms with Gasteiger partial charge in [-0.15, -0.1) is 11.8 Å². The minimum atomic E-state index is -0.596. The number of rotatable bonds is 5. The minimum Gasteiger partial charge on any atom is -0.456 e. The van der Waals surface area contributed by atoms with E-state index in [1.165, 1.54) is 40.9 Å². The first-order valence-electron chi connectivity index (χ1n) is 7.92. The largest absolute Gasteiger partial charge is 0.456 e. The maximum Gasteiger partial charge on any atom is 0.355 e. The van der Waals surface area contributed by atoms with Gasteiger partial charge in [0.1, 0.15) is 23.8 Å². The Balaban J connectivity index is 1.35. The van der Waals surface area contributed by atoms with Crippen LogP contribution in [0.2, 0.25) is 0 Å². The van der Waals surface area contributed by atoms with Crippen LogP contribution >= 0.6 is 11.8 Å². The summed E-state index contributed by atoms with van der Waals surface area (Å²) < 4.78 is 10.5. The highest BCUT2D eigenvalue weighted by Crippen LogP contribution is 2.45. The van der Waals surface area contributed by atoms with E-state index >= 15 is 0 Å². The Morgan fingerprint density at radius 1 is 1.42 bits per heavy atom. The number of nitrogens with zero attached hydrogens (tertiary/aromatic N) is 2. The Bertz CT molecular complexity index is 863. The van der Waals surface area contributed by atoms with Gasteiger partial charge in [0.25, 0.3) is 11.6 Å². The molecule has 3 heterocycles. The van der Waals surface area contributed by atoms with Crippen LogP contribution in [-0.4, -0.2) is 39.3 Å². The molecule has 134 valence electrons. The number of carbonyl (C=O) groups excluding carboxylic acids is 2. The molecule has 0 aliphatic carbocycles. The van der Waals surface area contributed by atoms with Gasteiger partial charge >= 0.3 is 5.97 Å². The summed E-state index contributed by atoms with van der Waals surface area (Å²) in [5, 5.41) is 12.1. The number of non-ortho nitro benzene ring substituents is 1. The predicted octanol–water partition coefficient (Wildman–Crippen LogP) is 2.11. The number of carbonyl (C=O) groups is 2. The minimum absolute atomic E-state index is 0.0187. The van der Waals surface area contributed by atoms with Crippen molar-refractivity contribution in [1.82, 2.24) is 4.90 Å². The van der Waals surface area contributed by atoms with Crippen molar-refractivity contribution >= 4 is 29.3 Å². The summed E-state index contributed by atoms with van der Waals surface area (Å²) in [6, 6.07) is 5.75. The van der Waals surface area contributed by atoms with E-state index in [1.54, 1.807) is 5.41 Å². The topological polar surface area (TPSA) is 102 Å². The number of nitro benzene ring substituents is 1. The van der Waals surface area contributed by atoms with Crippen LogP contribution in [0.4, 0.5) is 5.69 Å². The summed E-state index contributed by atoms with van der Waals surface area (Å²) in [5.74, 6) is -0.803. The van der Waals surface area contributed by atoms with E-state index in [1.807, 2.05) is 13.0 Å². The molecule has 8 nitrogen and oxygen atoms in total. The van der Waals surface area contributed by atoms with Crippen molar-refractivity contribution in [3.8, 4) is 0 Å². The van der Waals surface area contributed by atoms with E-state index in [9.17, 15) is 19.7 Å². The van der Waals surface area contributed by atoms with Gasteiger partial charge < -0.3 is 9.47 Å². The van der Waals surface area contributed by atoms with Crippen molar-refractivity contribution in [1.29, 1.82) is 0 Å². The zero-order chi connectivity index (χ0) is 18.4. The lowest BCUT2D eigenvalue weighted by Crippen LogP contribution is -2.51. The Labute approximate surface area is 152 Å². The number of fused-ring (bicyclic) bond motifs is 1. The summed E-state index contributed by atoms with van der Waals surface area (Å²) in [4.78, 5) is 36.1. The van der Waals surface area contributed by atoms with Gasteiger partial charge in [0.05, 0.1) is 11.0 Å². The lowest BCUT2D eigenvalue weighted by Gasteiger charge is -2.37. The molecular formula is C17H14N2O6S. The number of epoxide rings is 1. The highest BCUT2D eigenvalue weighted by Gasteiger charge is 2.51. The molecule has 9 heteroatoms. The maximum absolute atomic E-state index is 12.3. The number of hydrogen-bond acceptors (Lipinski definition) is 7. The van der Waals surface area contributed by atoms with Crippen LogP contribution in [0.25, 0.3) is 0 Å². The molecule has 4 rings (SSSR count). The first kappa shape index (κ1) is 16.8. The zero-order valence-electron chi connectivity index (χ0n) is 13.7. The van der Waals surface area contributed by atoms with Gasteiger partial charge in [0.15, 0.2) is 0 Å². The van der Waals surface area contributed by atoms with Crippen molar-refractivity contribution in [3.05, 3.63) is 62.7 Å². The molecule has 2 saturated heterocycles. The van der Waals surface area contributed by atoms with Crippen molar-refractivity contribution in [2.45, 2.75) is 31.1 Å². The first-order chi connectivity index (χ1) is 12.5. The molecule has 1 amide bonds. The van der Waals surface area contributed by atoms with Crippen LogP contribution in [0.15, 0.2) is 47.0 Å². The van der Waals surface area contributed by atoms with Gasteiger partial charge in [0, 0.05) is 23.1 Å². The van der Waals surface area contributed by atoms with E-state index in [4.69, 9.17) is 9.47 Å². The number of β-lactam (4-membered cyclic amide) rings is 1. The molecule has 0 bridgehead atoms. The number of benzene rings is 1. The number of thioether (sulfide) groups is 1. The van der Waals surface area contributed by atoms with Crippen LogP contribution < -0.4 is 0 Å². The quantitative estimate of drug-likeness (QED) is 0.194. The summed E-state index contributed by atoms with van der Waals surface area (Å²) in [6.07, 6.45) is 1.94. The number of nitro groups is 1. The van der Waals surface area contributed by atoms with Crippen LogP contribution in [0.1, 0.15) is 12.5 Å². The number of esters is 1. The number of amides is 1. The fraction of sp³-hybridized carbons (Fsp3) is 0.294. The third kappa shape index (κ3) is 2.89. The van der Waals surface area contributed by atoms with Gasteiger partial charge in [-0.1, -0.05) is 0 Å². The van der Waals surface area contributed by atoms with Gasteiger partial charge in [-0.05, 0) is 30.7 Å². The standard InChI is InChI=1S/C17H14N2O6S/c1-9-14(25-9)6-12-15(20)18-13(8-26-16(12)18)17(21)24-7-10-2-4-11(5-3-10)19(22)23/h2-6,8-9,14,16H,7H2,1H3. The predicted molar refractivity (Wildman–Crippen MR) is 91.6 cm³/mol. The van der Waals surface area contributed by atoms with E-state index in [0.29, 0.717) is 11.1 Å². The molecule has 1 aromatic carbocycles. The summed E-state index contributed by atoms with van der Waals surface area (Å²) in [6.45, 7) is 1.91. The molecule has 0 spiro atoms. The van der Waals surface area contributed by atoms with Crippen molar-refractivity contribution in [2.24, 2.45) is 0 Å². The third-order valence-electron chi connectivity index (χ3n) is 4.36. The van der Waals surface area contributed by atoms with Crippen LogP contribution in [0.3, 0.4) is 0 Å². The molecule has 26 heavy (non-hydrogen) atoms. The van der Waals surface area contributed by atoms with E-state index < -0.39 is 10.9 Å². The fourth-order valence-corrected chi connectivity index (χ4v) is 3.90. The first-order valence-corrected chi connectivity index (χ1v) is 8.87. The normalized spacial score (nSPS) is 27.7. The molecule has 0 saturated carbocycles. The smallest absolute Gasteiger partial charge is 0.355 e. The lowest BCUT2D eigenvalue weighted by molar-refractivity contribution is -0.384. The average molecular weight is 374 g/mol. The lowest BCUT2D eigenvalue weighted by atomic mass is 10.0. The summed E-state index contributed by atoms with van der Waals surface area (Å²) >= 11 is 1.38. The highest BCUT2D eigenvalue weighted by atomic mass is 32.2. The van der Waals surface area contributed by atoms with Crippen molar-refractivity contribution in [2.75, 3.05) is 0 Å². The molecule has 0 aromatic heterocycles. The van der Waals surface area contributed by atoms with Crippen LogP contribution in [-0.2, 0) is 25.7 Å². The maximum atomic E-state index is 12.3. The van der Waals surface area contributed by atoms with Crippen molar-refractivity contribution in [3.63, 3.8) is 0 Å². The fourth-order valence-electron chi connectivity index (χ4n) is 2.77.